The van der Waals surface area contributed by atoms with Gasteiger partial charge in [-0.15, -0.1) is 0 Å². The van der Waals surface area contributed by atoms with E-state index in [1.807, 2.05) is 78.9 Å². The van der Waals surface area contributed by atoms with Crippen LogP contribution >= 0.6 is 0 Å². The molecule has 1 heterocycles. The van der Waals surface area contributed by atoms with E-state index in [9.17, 15) is 0 Å². The van der Waals surface area contributed by atoms with Crippen molar-refractivity contribution in [1.82, 2.24) is 10.1 Å². The van der Waals surface area contributed by atoms with Gasteiger partial charge in [-0.1, -0.05) is 41.6 Å². The third-order valence-corrected chi connectivity index (χ3v) is 4.27. The number of aromatic nitrogens is 2. The first-order valence-electron chi connectivity index (χ1n) is 8.69. The molecule has 27 heavy (non-hydrogen) atoms. The molecule has 4 aromatic rings. The van der Waals surface area contributed by atoms with Crippen molar-refractivity contribution in [1.29, 1.82) is 0 Å². The van der Waals surface area contributed by atoms with Crippen molar-refractivity contribution < 1.29 is 9.26 Å². The number of hydrogen-bond donors (Lipinski definition) is 1. The van der Waals surface area contributed by atoms with Crippen LogP contribution in [0.1, 0.15) is 5.56 Å². The normalized spacial score (nSPS) is 10.6. The van der Waals surface area contributed by atoms with Crippen molar-refractivity contribution >= 4 is 5.69 Å². The van der Waals surface area contributed by atoms with Gasteiger partial charge in [0.05, 0.1) is 7.11 Å². The SMILES string of the molecule is COc1ccccc1CNc1ccc(-c2noc(-c3ccccc3)n2)cc1. The lowest BCUT2D eigenvalue weighted by Gasteiger charge is -2.10. The van der Waals surface area contributed by atoms with Gasteiger partial charge in [0.2, 0.25) is 5.82 Å². The zero-order chi connectivity index (χ0) is 18.5. The number of nitrogens with one attached hydrogen (secondary N) is 1. The molecule has 0 amide bonds. The van der Waals surface area contributed by atoms with Gasteiger partial charge in [0.15, 0.2) is 0 Å². The Bertz CT molecular complexity index is 1010. The first-order valence-corrected chi connectivity index (χ1v) is 8.69. The smallest absolute Gasteiger partial charge is 0.258 e. The maximum absolute atomic E-state index is 5.38. The van der Waals surface area contributed by atoms with Crippen molar-refractivity contribution in [2.75, 3.05) is 12.4 Å². The highest BCUT2D eigenvalue weighted by Gasteiger charge is 2.10. The zero-order valence-electron chi connectivity index (χ0n) is 14.9. The molecule has 134 valence electrons. The van der Waals surface area contributed by atoms with Crippen molar-refractivity contribution in [2.24, 2.45) is 0 Å². The first-order chi connectivity index (χ1) is 13.3. The number of ether oxygens (including phenoxy) is 1. The molecule has 0 radical (unpaired) electrons. The van der Waals surface area contributed by atoms with Crippen LogP contribution < -0.4 is 10.1 Å². The molecule has 0 atom stereocenters. The molecule has 1 N–H and O–H groups in total. The van der Waals surface area contributed by atoms with E-state index in [1.54, 1.807) is 7.11 Å². The number of nitrogens with zero attached hydrogens (tertiary/aromatic N) is 2. The summed E-state index contributed by atoms with van der Waals surface area (Å²) >= 11 is 0. The number of para-hydroxylation sites is 1. The molecule has 1 aromatic heterocycles. The third-order valence-electron chi connectivity index (χ3n) is 4.27. The van der Waals surface area contributed by atoms with Crippen LogP contribution in [0, 0.1) is 0 Å². The van der Waals surface area contributed by atoms with Gasteiger partial charge >= 0.3 is 0 Å². The van der Waals surface area contributed by atoms with Crippen LogP contribution in [0.25, 0.3) is 22.8 Å². The Hall–Kier alpha value is -3.60. The Kier molecular flexibility index (Phi) is 4.83. The van der Waals surface area contributed by atoms with Gasteiger partial charge < -0.3 is 14.6 Å². The maximum Gasteiger partial charge on any atom is 0.258 e. The molecule has 0 aliphatic rings. The second-order valence-corrected chi connectivity index (χ2v) is 6.03. The minimum absolute atomic E-state index is 0.518. The summed E-state index contributed by atoms with van der Waals surface area (Å²) in [6.07, 6.45) is 0. The van der Waals surface area contributed by atoms with Crippen LogP contribution in [0.2, 0.25) is 0 Å². The summed E-state index contributed by atoms with van der Waals surface area (Å²) in [6, 6.07) is 25.7. The van der Waals surface area contributed by atoms with Gasteiger partial charge in [-0.05, 0) is 42.5 Å². The lowest BCUT2D eigenvalue weighted by atomic mass is 10.1. The molecule has 0 saturated heterocycles. The predicted molar refractivity (Wildman–Crippen MR) is 105 cm³/mol. The molecule has 0 aliphatic carbocycles. The lowest BCUT2D eigenvalue weighted by Crippen LogP contribution is -2.01. The van der Waals surface area contributed by atoms with Crippen LogP contribution in [0.5, 0.6) is 5.75 Å². The third kappa shape index (κ3) is 3.82. The van der Waals surface area contributed by atoms with Crippen LogP contribution in [-0.4, -0.2) is 17.3 Å². The molecule has 5 heteroatoms. The molecule has 5 nitrogen and oxygen atoms in total. The fraction of sp³-hybridized carbons (Fsp3) is 0.0909. The van der Waals surface area contributed by atoms with E-state index < -0.39 is 0 Å². The van der Waals surface area contributed by atoms with Gasteiger partial charge in [-0.3, -0.25) is 0 Å². The Morgan fingerprint density at radius 2 is 1.59 bits per heavy atom. The van der Waals surface area contributed by atoms with Crippen LogP contribution in [0.3, 0.4) is 0 Å². The molecule has 0 saturated carbocycles. The summed E-state index contributed by atoms with van der Waals surface area (Å²) in [6.45, 7) is 0.684. The van der Waals surface area contributed by atoms with Gasteiger partial charge in [0.25, 0.3) is 5.89 Å². The second-order valence-electron chi connectivity index (χ2n) is 6.03. The number of hydrogen-bond acceptors (Lipinski definition) is 5. The largest absolute Gasteiger partial charge is 0.496 e. The summed E-state index contributed by atoms with van der Waals surface area (Å²) < 4.78 is 10.8. The summed E-state index contributed by atoms with van der Waals surface area (Å²) in [5, 5.41) is 7.49. The molecular weight excluding hydrogens is 338 g/mol. The number of rotatable bonds is 6. The van der Waals surface area contributed by atoms with Crippen LogP contribution in [0.15, 0.2) is 83.4 Å². The summed E-state index contributed by atoms with van der Waals surface area (Å²) in [4.78, 5) is 4.48. The zero-order valence-corrected chi connectivity index (χ0v) is 14.9. The highest BCUT2D eigenvalue weighted by molar-refractivity contribution is 5.62. The highest BCUT2D eigenvalue weighted by atomic mass is 16.5. The predicted octanol–water partition coefficient (Wildman–Crippen LogP) is 5.02. The highest BCUT2D eigenvalue weighted by Crippen LogP contribution is 2.24. The average Bonchev–Trinajstić information content (AvgIpc) is 3.24. The van der Waals surface area contributed by atoms with E-state index in [-0.39, 0.29) is 0 Å². The van der Waals surface area contributed by atoms with Gasteiger partial charge in [-0.2, -0.15) is 4.98 Å². The Labute approximate surface area is 157 Å². The number of methoxy groups -OCH3 is 1. The maximum atomic E-state index is 5.38. The summed E-state index contributed by atoms with van der Waals surface area (Å²) in [5.74, 6) is 1.97. The Morgan fingerprint density at radius 3 is 2.37 bits per heavy atom. The standard InChI is InChI=1S/C22H19N3O2/c1-26-20-10-6-5-9-18(20)15-23-19-13-11-16(12-14-19)21-24-22(27-25-21)17-7-3-2-4-8-17/h2-14,23H,15H2,1H3. The van der Waals surface area contributed by atoms with Gasteiger partial charge in [0, 0.05) is 28.9 Å². The average molecular weight is 357 g/mol. The van der Waals surface area contributed by atoms with E-state index in [2.05, 4.69) is 15.5 Å². The molecule has 4 rings (SSSR count). The molecule has 0 fully saturated rings. The number of anilines is 1. The topological polar surface area (TPSA) is 60.2 Å². The van der Waals surface area contributed by atoms with E-state index in [1.165, 1.54) is 0 Å². The summed E-state index contributed by atoms with van der Waals surface area (Å²) in [7, 11) is 1.68. The van der Waals surface area contributed by atoms with Crippen molar-refractivity contribution in [3.8, 4) is 28.6 Å². The van der Waals surface area contributed by atoms with Crippen molar-refractivity contribution in [2.45, 2.75) is 6.54 Å². The van der Waals surface area contributed by atoms with E-state index in [4.69, 9.17) is 9.26 Å². The molecule has 0 bridgehead atoms. The van der Waals surface area contributed by atoms with Crippen molar-refractivity contribution in [3.05, 3.63) is 84.4 Å². The fourth-order valence-electron chi connectivity index (χ4n) is 2.82. The quantitative estimate of drug-likeness (QED) is 0.525. The van der Waals surface area contributed by atoms with E-state index in [0.29, 0.717) is 18.3 Å². The van der Waals surface area contributed by atoms with Gasteiger partial charge in [-0.25, -0.2) is 0 Å². The minimum Gasteiger partial charge on any atom is -0.496 e. The molecular formula is C22H19N3O2. The summed E-state index contributed by atoms with van der Waals surface area (Å²) in [5.41, 5.74) is 3.93. The molecule has 0 unspecified atom stereocenters. The molecule has 3 aromatic carbocycles. The van der Waals surface area contributed by atoms with E-state index in [0.717, 1.165) is 28.1 Å². The Morgan fingerprint density at radius 1 is 0.852 bits per heavy atom. The van der Waals surface area contributed by atoms with Crippen LogP contribution in [0.4, 0.5) is 5.69 Å². The van der Waals surface area contributed by atoms with Crippen molar-refractivity contribution in [3.63, 3.8) is 0 Å². The second kappa shape index (κ2) is 7.74. The fourth-order valence-corrected chi connectivity index (χ4v) is 2.82. The number of benzene rings is 3. The molecule has 0 aliphatic heterocycles. The van der Waals surface area contributed by atoms with Gasteiger partial charge in [0.1, 0.15) is 5.75 Å². The van der Waals surface area contributed by atoms with Crippen LogP contribution in [-0.2, 0) is 6.54 Å². The minimum atomic E-state index is 0.518. The molecule has 0 spiro atoms. The first kappa shape index (κ1) is 16.8. The van der Waals surface area contributed by atoms with E-state index >= 15 is 0 Å². The Balaban J connectivity index is 1.46. The lowest BCUT2D eigenvalue weighted by molar-refractivity contribution is 0.410. The monoisotopic (exact) mass is 357 g/mol.